The molecule has 1 aromatic carbocycles. The molecular formula is C10H9N3O2. The molecule has 0 aliphatic heterocycles. The van der Waals surface area contributed by atoms with Crippen LogP contribution in [0.15, 0.2) is 41.3 Å². The van der Waals surface area contributed by atoms with E-state index in [1.54, 1.807) is 31.4 Å². The summed E-state index contributed by atoms with van der Waals surface area (Å²) in [6.45, 7) is 0. The molecule has 0 fully saturated rings. The molecule has 2 rings (SSSR count). The summed E-state index contributed by atoms with van der Waals surface area (Å²) in [4.78, 5) is 11.4. The molecule has 0 N–H and O–H groups in total. The van der Waals surface area contributed by atoms with Crippen LogP contribution < -0.4 is 10.3 Å². The highest BCUT2D eigenvalue weighted by atomic mass is 16.5. The van der Waals surface area contributed by atoms with Crippen molar-refractivity contribution in [2.45, 2.75) is 0 Å². The number of nitrogens with zero attached hydrogens (tertiary/aromatic N) is 3. The van der Waals surface area contributed by atoms with Gasteiger partial charge in [0.1, 0.15) is 5.75 Å². The third kappa shape index (κ3) is 1.85. The molecule has 0 saturated carbocycles. The van der Waals surface area contributed by atoms with Crippen molar-refractivity contribution in [2.24, 2.45) is 0 Å². The average molecular weight is 203 g/mol. The first-order valence-electron chi connectivity index (χ1n) is 4.37. The van der Waals surface area contributed by atoms with Crippen molar-refractivity contribution < 1.29 is 4.74 Å². The summed E-state index contributed by atoms with van der Waals surface area (Å²) in [6, 6.07) is 8.37. The zero-order valence-corrected chi connectivity index (χ0v) is 8.12. The van der Waals surface area contributed by atoms with E-state index < -0.39 is 0 Å². The molecule has 5 heteroatoms. The Morgan fingerprint density at radius 1 is 1.20 bits per heavy atom. The van der Waals surface area contributed by atoms with Crippen LogP contribution in [0.4, 0.5) is 0 Å². The van der Waals surface area contributed by atoms with E-state index in [4.69, 9.17) is 4.74 Å². The molecule has 0 unspecified atom stereocenters. The largest absolute Gasteiger partial charge is 0.497 e. The lowest BCUT2D eigenvalue weighted by Gasteiger charge is -2.03. The number of ether oxygens (including phenoxy) is 1. The van der Waals surface area contributed by atoms with Gasteiger partial charge in [0.05, 0.1) is 19.0 Å². The fraction of sp³-hybridized carbons (Fsp3) is 0.100. The van der Waals surface area contributed by atoms with E-state index in [9.17, 15) is 4.79 Å². The zero-order chi connectivity index (χ0) is 10.7. The number of benzene rings is 1. The number of methoxy groups -OCH3 is 1. The smallest absolute Gasteiger partial charge is 0.274 e. The number of hydrogen-bond acceptors (Lipinski definition) is 4. The topological polar surface area (TPSA) is 57.0 Å². The third-order valence-corrected chi connectivity index (χ3v) is 1.95. The van der Waals surface area contributed by atoms with Crippen LogP contribution in [0.3, 0.4) is 0 Å². The summed E-state index contributed by atoms with van der Waals surface area (Å²) >= 11 is 0. The van der Waals surface area contributed by atoms with Crippen molar-refractivity contribution in [3.05, 3.63) is 46.9 Å². The maximum absolute atomic E-state index is 11.4. The highest BCUT2D eigenvalue weighted by Gasteiger charge is 2.00. The lowest BCUT2D eigenvalue weighted by molar-refractivity contribution is 0.414. The average Bonchev–Trinajstić information content (AvgIpc) is 2.30. The summed E-state index contributed by atoms with van der Waals surface area (Å²) in [5.41, 5.74) is 0.448. The number of rotatable bonds is 2. The molecule has 1 heterocycles. The van der Waals surface area contributed by atoms with Crippen molar-refractivity contribution in [3.63, 3.8) is 0 Å². The highest BCUT2D eigenvalue weighted by Crippen LogP contribution is 2.12. The minimum absolute atomic E-state index is 0.213. The molecule has 0 aliphatic carbocycles. The fourth-order valence-corrected chi connectivity index (χ4v) is 1.20. The van der Waals surface area contributed by atoms with E-state index in [-0.39, 0.29) is 5.56 Å². The van der Waals surface area contributed by atoms with E-state index in [1.807, 2.05) is 0 Å². The number of aromatic nitrogens is 3. The van der Waals surface area contributed by atoms with Gasteiger partial charge in [-0.25, -0.2) is 0 Å². The van der Waals surface area contributed by atoms with Gasteiger partial charge < -0.3 is 4.74 Å². The van der Waals surface area contributed by atoms with Gasteiger partial charge in [0.2, 0.25) is 0 Å². The summed E-state index contributed by atoms with van der Waals surface area (Å²) in [7, 11) is 1.59. The Kier molecular flexibility index (Phi) is 2.45. The van der Waals surface area contributed by atoms with Gasteiger partial charge in [-0.2, -0.15) is 4.68 Å². The SMILES string of the molecule is COc1ccc(-n2nnccc2=O)cc1. The Morgan fingerprint density at radius 2 is 1.93 bits per heavy atom. The fourth-order valence-electron chi connectivity index (χ4n) is 1.20. The lowest BCUT2D eigenvalue weighted by atomic mass is 10.3. The Bertz CT molecular complexity index is 505. The summed E-state index contributed by atoms with van der Waals surface area (Å²) in [5, 5.41) is 7.36. The van der Waals surface area contributed by atoms with Gasteiger partial charge in [-0.3, -0.25) is 4.79 Å². The van der Waals surface area contributed by atoms with Crippen molar-refractivity contribution in [3.8, 4) is 11.4 Å². The molecule has 76 valence electrons. The lowest BCUT2D eigenvalue weighted by Crippen LogP contribution is -2.20. The predicted octanol–water partition coefficient (Wildman–Crippen LogP) is 0.636. The standard InChI is InChI=1S/C10H9N3O2/c1-15-9-4-2-8(3-5-9)13-10(14)6-7-11-12-13/h2-7H,1H3. The Balaban J connectivity index is 2.46. The van der Waals surface area contributed by atoms with Crippen molar-refractivity contribution >= 4 is 0 Å². The van der Waals surface area contributed by atoms with Gasteiger partial charge in [0, 0.05) is 6.07 Å². The van der Waals surface area contributed by atoms with Gasteiger partial charge >= 0.3 is 0 Å². The Hall–Kier alpha value is -2.17. The minimum Gasteiger partial charge on any atom is -0.497 e. The molecule has 2 aromatic rings. The first-order valence-corrected chi connectivity index (χ1v) is 4.37. The molecule has 0 radical (unpaired) electrons. The molecule has 0 spiro atoms. The quantitative estimate of drug-likeness (QED) is 0.718. The van der Waals surface area contributed by atoms with E-state index in [0.717, 1.165) is 5.75 Å². The molecule has 0 saturated heterocycles. The summed E-state index contributed by atoms with van der Waals surface area (Å²) in [6.07, 6.45) is 1.36. The van der Waals surface area contributed by atoms with Gasteiger partial charge in [-0.1, -0.05) is 5.21 Å². The van der Waals surface area contributed by atoms with Crippen LogP contribution in [0.2, 0.25) is 0 Å². The van der Waals surface area contributed by atoms with E-state index >= 15 is 0 Å². The van der Waals surface area contributed by atoms with E-state index in [1.165, 1.54) is 16.9 Å². The van der Waals surface area contributed by atoms with Crippen LogP contribution in [0.1, 0.15) is 0 Å². The normalized spacial score (nSPS) is 9.93. The van der Waals surface area contributed by atoms with Crippen LogP contribution >= 0.6 is 0 Å². The minimum atomic E-state index is -0.213. The molecule has 15 heavy (non-hydrogen) atoms. The molecule has 0 aliphatic rings. The van der Waals surface area contributed by atoms with Gasteiger partial charge in [0.15, 0.2) is 0 Å². The molecule has 0 atom stereocenters. The molecule has 0 bridgehead atoms. The van der Waals surface area contributed by atoms with Crippen LogP contribution in [-0.4, -0.2) is 22.1 Å². The highest BCUT2D eigenvalue weighted by molar-refractivity contribution is 5.36. The van der Waals surface area contributed by atoms with Crippen molar-refractivity contribution in [1.82, 2.24) is 15.0 Å². The first-order chi connectivity index (χ1) is 7.31. The Morgan fingerprint density at radius 3 is 2.53 bits per heavy atom. The van der Waals surface area contributed by atoms with Crippen LogP contribution in [0.25, 0.3) is 5.69 Å². The van der Waals surface area contributed by atoms with Gasteiger partial charge in [-0.05, 0) is 24.3 Å². The second-order valence-electron chi connectivity index (χ2n) is 2.87. The van der Waals surface area contributed by atoms with Crippen LogP contribution in [0, 0.1) is 0 Å². The summed E-state index contributed by atoms with van der Waals surface area (Å²) in [5.74, 6) is 0.732. The maximum Gasteiger partial charge on any atom is 0.274 e. The molecule has 5 nitrogen and oxygen atoms in total. The van der Waals surface area contributed by atoms with Crippen molar-refractivity contribution in [2.75, 3.05) is 7.11 Å². The molecule has 0 amide bonds. The molecule has 1 aromatic heterocycles. The Labute approximate surface area is 85.9 Å². The van der Waals surface area contributed by atoms with Gasteiger partial charge in [0.25, 0.3) is 5.56 Å². The predicted molar refractivity (Wildman–Crippen MR) is 54.2 cm³/mol. The zero-order valence-electron chi connectivity index (χ0n) is 8.12. The van der Waals surface area contributed by atoms with E-state index in [0.29, 0.717) is 5.69 Å². The van der Waals surface area contributed by atoms with Crippen LogP contribution in [0.5, 0.6) is 5.75 Å². The molecular weight excluding hydrogens is 194 g/mol. The monoisotopic (exact) mass is 203 g/mol. The third-order valence-electron chi connectivity index (χ3n) is 1.95. The first kappa shape index (κ1) is 9.39. The summed E-state index contributed by atoms with van der Waals surface area (Å²) < 4.78 is 6.23. The van der Waals surface area contributed by atoms with Crippen molar-refractivity contribution in [1.29, 1.82) is 0 Å². The van der Waals surface area contributed by atoms with Crippen LogP contribution in [-0.2, 0) is 0 Å². The van der Waals surface area contributed by atoms with E-state index in [2.05, 4.69) is 10.3 Å². The van der Waals surface area contributed by atoms with Gasteiger partial charge in [-0.15, -0.1) is 5.10 Å². The second kappa shape index (κ2) is 3.91. The second-order valence-corrected chi connectivity index (χ2v) is 2.87. The number of hydrogen-bond donors (Lipinski definition) is 0. The maximum atomic E-state index is 11.4.